The van der Waals surface area contributed by atoms with Crippen molar-refractivity contribution >= 4 is 0 Å². The van der Waals surface area contributed by atoms with Crippen molar-refractivity contribution < 1.29 is 0 Å². The summed E-state index contributed by atoms with van der Waals surface area (Å²) in [6.07, 6.45) is 3.59. The lowest BCUT2D eigenvalue weighted by atomic mass is 10.1. The Morgan fingerprint density at radius 3 is 2.47 bits per heavy atom. The van der Waals surface area contributed by atoms with Crippen LogP contribution in [-0.4, -0.2) is 34.8 Å². The van der Waals surface area contributed by atoms with Crippen molar-refractivity contribution in [3.63, 3.8) is 0 Å². The summed E-state index contributed by atoms with van der Waals surface area (Å²) in [5.41, 5.74) is 9.28. The molecule has 0 unspecified atom stereocenters. The van der Waals surface area contributed by atoms with Crippen molar-refractivity contribution in [2.75, 3.05) is 20.1 Å². The van der Waals surface area contributed by atoms with E-state index in [4.69, 9.17) is 5.73 Å². The fourth-order valence-electron chi connectivity index (χ4n) is 2.10. The molecule has 1 rings (SSSR count). The average molecular weight is 238 g/mol. The molecular weight excluding hydrogens is 212 g/mol. The van der Waals surface area contributed by atoms with Crippen LogP contribution in [0.5, 0.6) is 0 Å². The molecule has 4 heteroatoms. The largest absolute Gasteiger partial charge is 0.330 e. The van der Waals surface area contributed by atoms with Gasteiger partial charge in [-0.1, -0.05) is 6.42 Å². The number of hydrogen-bond donors (Lipinski definition) is 1. The van der Waals surface area contributed by atoms with Crippen LogP contribution < -0.4 is 5.73 Å². The number of unbranched alkanes of at least 4 members (excludes halogenated alkanes) is 2. The summed E-state index contributed by atoms with van der Waals surface area (Å²) in [5.74, 6) is 0. The highest BCUT2D eigenvalue weighted by Gasteiger charge is 2.11. The molecule has 98 valence electrons. The topological polar surface area (TPSA) is 47.1 Å². The third-order valence-corrected chi connectivity index (χ3v) is 3.33. The minimum absolute atomic E-state index is 0.810. The highest BCUT2D eigenvalue weighted by Crippen LogP contribution is 2.14. The maximum absolute atomic E-state index is 5.49. The van der Waals surface area contributed by atoms with Gasteiger partial charge in [-0.2, -0.15) is 5.10 Å². The first-order valence-electron chi connectivity index (χ1n) is 6.44. The molecule has 4 nitrogen and oxygen atoms in total. The molecule has 2 N–H and O–H groups in total. The van der Waals surface area contributed by atoms with Gasteiger partial charge in [-0.25, -0.2) is 0 Å². The van der Waals surface area contributed by atoms with Gasteiger partial charge in [0.25, 0.3) is 0 Å². The number of hydrogen-bond acceptors (Lipinski definition) is 3. The monoisotopic (exact) mass is 238 g/mol. The van der Waals surface area contributed by atoms with Gasteiger partial charge >= 0.3 is 0 Å². The summed E-state index contributed by atoms with van der Waals surface area (Å²) >= 11 is 0. The van der Waals surface area contributed by atoms with E-state index in [0.29, 0.717) is 0 Å². The first-order chi connectivity index (χ1) is 8.06. The molecule has 0 saturated heterocycles. The highest BCUT2D eigenvalue weighted by molar-refractivity contribution is 5.23. The second-order valence-electron chi connectivity index (χ2n) is 4.86. The Kier molecular flexibility index (Phi) is 5.65. The van der Waals surface area contributed by atoms with Gasteiger partial charge in [0, 0.05) is 24.8 Å². The minimum atomic E-state index is 0.810. The molecule has 0 aliphatic carbocycles. The molecule has 0 fully saturated rings. The van der Waals surface area contributed by atoms with Gasteiger partial charge < -0.3 is 10.6 Å². The molecule has 1 aromatic heterocycles. The Balaban J connectivity index is 2.42. The molecule has 1 aromatic rings. The van der Waals surface area contributed by atoms with Crippen molar-refractivity contribution in [3.05, 3.63) is 17.0 Å². The van der Waals surface area contributed by atoms with Crippen molar-refractivity contribution in [1.82, 2.24) is 14.7 Å². The molecule has 0 saturated carbocycles. The molecule has 0 radical (unpaired) electrons. The maximum Gasteiger partial charge on any atom is 0.0641 e. The van der Waals surface area contributed by atoms with E-state index in [1.807, 2.05) is 11.7 Å². The third kappa shape index (κ3) is 4.13. The summed E-state index contributed by atoms with van der Waals surface area (Å²) in [5, 5.41) is 4.45. The van der Waals surface area contributed by atoms with Crippen molar-refractivity contribution in [2.45, 2.75) is 39.7 Å². The van der Waals surface area contributed by atoms with Crippen LogP contribution in [0.3, 0.4) is 0 Å². The summed E-state index contributed by atoms with van der Waals surface area (Å²) < 4.78 is 1.97. The number of nitrogens with two attached hydrogens (primary N) is 1. The van der Waals surface area contributed by atoms with Crippen molar-refractivity contribution in [2.24, 2.45) is 12.8 Å². The Hall–Kier alpha value is -0.870. The predicted molar refractivity (Wildman–Crippen MR) is 71.9 cm³/mol. The van der Waals surface area contributed by atoms with E-state index in [1.54, 1.807) is 0 Å². The first-order valence-corrected chi connectivity index (χ1v) is 6.44. The molecule has 0 atom stereocenters. The Labute approximate surface area is 105 Å². The number of rotatable bonds is 7. The maximum atomic E-state index is 5.49. The first kappa shape index (κ1) is 14.2. The van der Waals surface area contributed by atoms with Crippen LogP contribution in [0.25, 0.3) is 0 Å². The quantitative estimate of drug-likeness (QED) is 0.734. The van der Waals surface area contributed by atoms with Crippen LogP contribution in [-0.2, 0) is 13.6 Å². The lowest BCUT2D eigenvalue weighted by molar-refractivity contribution is 0.316. The van der Waals surface area contributed by atoms with Crippen molar-refractivity contribution in [3.8, 4) is 0 Å². The van der Waals surface area contributed by atoms with Gasteiger partial charge in [0.2, 0.25) is 0 Å². The summed E-state index contributed by atoms with van der Waals surface area (Å²) in [6, 6.07) is 0. The van der Waals surface area contributed by atoms with Gasteiger partial charge in [0.1, 0.15) is 0 Å². The van der Waals surface area contributed by atoms with Gasteiger partial charge in [-0.15, -0.1) is 0 Å². The number of aromatic nitrogens is 2. The lowest BCUT2D eigenvalue weighted by Gasteiger charge is -2.16. The van der Waals surface area contributed by atoms with Crippen LogP contribution in [0.15, 0.2) is 0 Å². The van der Waals surface area contributed by atoms with Crippen molar-refractivity contribution in [1.29, 1.82) is 0 Å². The van der Waals surface area contributed by atoms with Crippen LogP contribution in [0.4, 0.5) is 0 Å². The molecule has 1 heterocycles. The zero-order valence-electron chi connectivity index (χ0n) is 11.7. The molecule has 17 heavy (non-hydrogen) atoms. The molecular formula is C13H26N4. The third-order valence-electron chi connectivity index (χ3n) is 3.33. The lowest BCUT2D eigenvalue weighted by Crippen LogP contribution is -2.20. The van der Waals surface area contributed by atoms with E-state index >= 15 is 0 Å². The molecule has 0 bridgehead atoms. The fourth-order valence-corrected chi connectivity index (χ4v) is 2.10. The second-order valence-corrected chi connectivity index (χ2v) is 4.86. The van der Waals surface area contributed by atoms with Gasteiger partial charge in [0.05, 0.1) is 5.69 Å². The zero-order chi connectivity index (χ0) is 12.8. The Morgan fingerprint density at radius 1 is 1.24 bits per heavy atom. The second kappa shape index (κ2) is 6.77. The van der Waals surface area contributed by atoms with E-state index in [9.17, 15) is 0 Å². The van der Waals surface area contributed by atoms with Crippen LogP contribution >= 0.6 is 0 Å². The molecule has 0 spiro atoms. The predicted octanol–water partition coefficient (Wildman–Crippen LogP) is 1.60. The van der Waals surface area contributed by atoms with E-state index in [1.165, 1.54) is 24.1 Å². The average Bonchev–Trinajstić information content (AvgIpc) is 2.52. The summed E-state index contributed by atoms with van der Waals surface area (Å²) in [6.45, 7) is 7.16. The van der Waals surface area contributed by atoms with E-state index in [-0.39, 0.29) is 0 Å². The normalized spacial score (nSPS) is 11.4. The van der Waals surface area contributed by atoms with Gasteiger partial charge in [-0.05, 0) is 46.8 Å². The minimum Gasteiger partial charge on any atom is -0.330 e. The number of aryl methyl sites for hydroxylation is 2. The molecule has 0 aromatic carbocycles. The van der Waals surface area contributed by atoms with Crippen LogP contribution in [0, 0.1) is 13.8 Å². The summed E-state index contributed by atoms with van der Waals surface area (Å²) in [4.78, 5) is 2.37. The van der Waals surface area contributed by atoms with E-state index in [2.05, 4.69) is 30.9 Å². The van der Waals surface area contributed by atoms with Gasteiger partial charge in [0.15, 0.2) is 0 Å². The van der Waals surface area contributed by atoms with Crippen LogP contribution in [0.2, 0.25) is 0 Å². The molecule has 0 amide bonds. The molecule has 0 aliphatic heterocycles. The smallest absolute Gasteiger partial charge is 0.0641 e. The zero-order valence-corrected chi connectivity index (χ0v) is 11.7. The van der Waals surface area contributed by atoms with Gasteiger partial charge in [-0.3, -0.25) is 4.68 Å². The van der Waals surface area contributed by atoms with E-state index < -0.39 is 0 Å². The number of nitrogens with zero attached hydrogens (tertiary/aromatic N) is 3. The van der Waals surface area contributed by atoms with E-state index in [0.717, 1.165) is 31.7 Å². The standard InChI is InChI=1S/C13H26N4/c1-11-13(12(2)17(4)15-11)10-16(3)9-7-5-6-8-14/h5-10,14H2,1-4H3. The SMILES string of the molecule is Cc1nn(C)c(C)c1CN(C)CCCCCN. The molecule has 0 aliphatic rings. The van der Waals surface area contributed by atoms with Crippen LogP contribution in [0.1, 0.15) is 36.2 Å². The highest BCUT2D eigenvalue weighted by atomic mass is 15.3. The summed E-state index contributed by atoms with van der Waals surface area (Å²) in [7, 11) is 4.18. The fraction of sp³-hybridized carbons (Fsp3) is 0.769. The Morgan fingerprint density at radius 2 is 1.94 bits per heavy atom. The Bertz CT molecular complexity index is 343.